The molecule has 2 heterocycles. The SMILES string of the molecule is COCCC(=O)C1CC2COCC(C1)N2Cc1ccccc1. The van der Waals surface area contributed by atoms with Crippen LogP contribution in [0.15, 0.2) is 30.3 Å². The Bertz CT molecular complexity index is 476. The lowest BCUT2D eigenvalue weighted by Gasteiger charge is -2.48. The molecule has 4 nitrogen and oxygen atoms in total. The van der Waals surface area contributed by atoms with E-state index in [1.54, 1.807) is 7.11 Å². The third kappa shape index (κ3) is 3.57. The van der Waals surface area contributed by atoms with Crippen LogP contribution in [0.1, 0.15) is 24.8 Å². The number of ether oxygens (including phenoxy) is 2. The number of piperidine rings is 1. The molecule has 2 unspecified atom stereocenters. The molecule has 1 aromatic carbocycles. The smallest absolute Gasteiger partial charge is 0.138 e. The van der Waals surface area contributed by atoms with Gasteiger partial charge in [-0.2, -0.15) is 0 Å². The molecule has 2 saturated heterocycles. The van der Waals surface area contributed by atoms with Crippen LogP contribution in [-0.2, 0) is 20.8 Å². The Morgan fingerprint density at radius 1 is 1.23 bits per heavy atom. The lowest BCUT2D eigenvalue weighted by molar-refractivity contribution is -0.134. The van der Waals surface area contributed by atoms with Crippen molar-refractivity contribution in [3.05, 3.63) is 35.9 Å². The summed E-state index contributed by atoms with van der Waals surface area (Å²) in [5.41, 5.74) is 1.34. The molecule has 2 aliphatic rings. The summed E-state index contributed by atoms with van der Waals surface area (Å²) in [6.07, 6.45) is 2.39. The van der Waals surface area contributed by atoms with Gasteiger partial charge in [0.05, 0.1) is 19.8 Å². The fourth-order valence-corrected chi connectivity index (χ4v) is 3.71. The van der Waals surface area contributed by atoms with Gasteiger partial charge in [0.2, 0.25) is 0 Å². The molecule has 4 heteroatoms. The van der Waals surface area contributed by atoms with Crippen LogP contribution in [0.5, 0.6) is 0 Å². The van der Waals surface area contributed by atoms with Gasteiger partial charge in [0, 0.05) is 38.1 Å². The summed E-state index contributed by atoms with van der Waals surface area (Å²) in [6.45, 7) is 2.99. The Labute approximate surface area is 132 Å². The van der Waals surface area contributed by atoms with Crippen LogP contribution in [-0.4, -0.2) is 49.7 Å². The Kier molecular flexibility index (Phi) is 5.24. The number of ketones is 1. The Hall–Kier alpha value is -1.23. The Morgan fingerprint density at radius 3 is 2.55 bits per heavy atom. The second kappa shape index (κ2) is 7.36. The fraction of sp³-hybridized carbons (Fsp3) is 0.611. The van der Waals surface area contributed by atoms with Crippen molar-refractivity contribution in [3.63, 3.8) is 0 Å². The van der Waals surface area contributed by atoms with E-state index < -0.39 is 0 Å². The van der Waals surface area contributed by atoms with Crippen molar-refractivity contribution in [1.82, 2.24) is 4.90 Å². The van der Waals surface area contributed by atoms with Gasteiger partial charge in [-0.05, 0) is 18.4 Å². The molecule has 0 aliphatic carbocycles. The standard InChI is InChI=1S/C18H25NO3/c1-21-8-7-18(20)15-9-16-12-22-13-17(10-15)19(16)11-14-5-3-2-4-6-14/h2-6,15-17H,7-13H2,1H3. The molecule has 0 spiro atoms. The van der Waals surface area contributed by atoms with E-state index in [0.29, 0.717) is 30.9 Å². The molecule has 0 radical (unpaired) electrons. The second-order valence-corrected chi connectivity index (χ2v) is 6.38. The number of morpholine rings is 1. The molecule has 22 heavy (non-hydrogen) atoms. The largest absolute Gasteiger partial charge is 0.384 e. The minimum atomic E-state index is 0.182. The topological polar surface area (TPSA) is 38.8 Å². The summed E-state index contributed by atoms with van der Waals surface area (Å²) in [5.74, 6) is 0.541. The summed E-state index contributed by atoms with van der Waals surface area (Å²) in [4.78, 5) is 14.9. The molecule has 2 aliphatic heterocycles. The van der Waals surface area contributed by atoms with Crippen molar-refractivity contribution >= 4 is 5.78 Å². The van der Waals surface area contributed by atoms with Crippen LogP contribution >= 0.6 is 0 Å². The molecule has 0 aromatic heterocycles. The van der Waals surface area contributed by atoms with Crippen LogP contribution in [0.2, 0.25) is 0 Å². The van der Waals surface area contributed by atoms with E-state index in [0.717, 1.165) is 32.6 Å². The van der Waals surface area contributed by atoms with Crippen molar-refractivity contribution in [2.75, 3.05) is 26.9 Å². The number of rotatable bonds is 6. The number of carbonyl (C=O) groups is 1. The average molecular weight is 303 g/mol. The molecule has 0 N–H and O–H groups in total. The molecule has 2 fully saturated rings. The zero-order valence-corrected chi connectivity index (χ0v) is 13.2. The van der Waals surface area contributed by atoms with Gasteiger partial charge in [-0.3, -0.25) is 9.69 Å². The third-order valence-corrected chi connectivity index (χ3v) is 4.89. The number of hydrogen-bond acceptors (Lipinski definition) is 4. The first-order valence-electron chi connectivity index (χ1n) is 8.17. The van der Waals surface area contributed by atoms with Crippen molar-refractivity contribution in [1.29, 1.82) is 0 Å². The summed E-state index contributed by atoms with van der Waals surface area (Å²) < 4.78 is 10.8. The molecule has 3 rings (SSSR count). The lowest BCUT2D eigenvalue weighted by Crippen LogP contribution is -2.57. The van der Waals surface area contributed by atoms with Crippen LogP contribution in [0.25, 0.3) is 0 Å². The van der Waals surface area contributed by atoms with Gasteiger partial charge in [-0.25, -0.2) is 0 Å². The molecule has 0 saturated carbocycles. The van der Waals surface area contributed by atoms with Gasteiger partial charge in [0.25, 0.3) is 0 Å². The van der Waals surface area contributed by atoms with Gasteiger partial charge in [0.15, 0.2) is 0 Å². The number of fused-ring (bicyclic) bond motifs is 2. The van der Waals surface area contributed by atoms with E-state index in [9.17, 15) is 4.79 Å². The monoisotopic (exact) mass is 303 g/mol. The van der Waals surface area contributed by atoms with Gasteiger partial charge < -0.3 is 9.47 Å². The zero-order valence-electron chi connectivity index (χ0n) is 13.2. The van der Waals surface area contributed by atoms with Crippen LogP contribution in [0.4, 0.5) is 0 Å². The quantitative estimate of drug-likeness (QED) is 0.808. The van der Waals surface area contributed by atoms with Crippen molar-refractivity contribution in [2.24, 2.45) is 5.92 Å². The highest BCUT2D eigenvalue weighted by molar-refractivity contribution is 5.81. The maximum absolute atomic E-state index is 12.3. The van der Waals surface area contributed by atoms with E-state index in [-0.39, 0.29) is 5.92 Å². The molecular formula is C18H25NO3. The van der Waals surface area contributed by atoms with Crippen LogP contribution < -0.4 is 0 Å². The summed E-state index contributed by atoms with van der Waals surface area (Å²) >= 11 is 0. The van der Waals surface area contributed by atoms with E-state index in [4.69, 9.17) is 9.47 Å². The molecule has 0 amide bonds. The number of carbonyl (C=O) groups excluding carboxylic acids is 1. The number of Topliss-reactive ketones (excluding diaryl/α,β-unsaturated/α-hetero) is 1. The van der Waals surface area contributed by atoms with E-state index in [2.05, 4.69) is 29.2 Å². The van der Waals surface area contributed by atoms with E-state index in [1.165, 1.54) is 5.56 Å². The van der Waals surface area contributed by atoms with Crippen molar-refractivity contribution < 1.29 is 14.3 Å². The predicted molar refractivity (Wildman–Crippen MR) is 84.6 cm³/mol. The van der Waals surface area contributed by atoms with Crippen LogP contribution in [0, 0.1) is 5.92 Å². The average Bonchev–Trinajstić information content (AvgIpc) is 2.53. The van der Waals surface area contributed by atoms with Gasteiger partial charge >= 0.3 is 0 Å². The first-order chi connectivity index (χ1) is 10.8. The van der Waals surface area contributed by atoms with Crippen LogP contribution in [0.3, 0.4) is 0 Å². The minimum absolute atomic E-state index is 0.182. The fourth-order valence-electron chi connectivity index (χ4n) is 3.71. The maximum Gasteiger partial charge on any atom is 0.138 e. The normalized spacial score (nSPS) is 28.5. The van der Waals surface area contributed by atoms with Crippen molar-refractivity contribution in [2.45, 2.75) is 37.9 Å². The number of hydrogen-bond donors (Lipinski definition) is 0. The van der Waals surface area contributed by atoms with Crippen molar-refractivity contribution in [3.8, 4) is 0 Å². The molecule has 2 atom stereocenters. The van der Waals surface area contributed by atoms with E-state index >= 15 is 0 Å². The number of methoxy groups -OCH3 is 1. The maximum atomic E-state index is 12.3. The predicted octanol–water partition coefficient (Wildman–Crippen LogP) is 2.27. The third-order valence-electron chi connectivity index (χ3n) is 4.89. The highest BCUT2D eigenvalue weighted by atomic mass is 16.5. The lowest BCUT2D eigenvalue weighted by atomic mass is 9.81. The minimum Gasteiger partial charge on any atom is -0.384 e. The number of benzene rings is 1. The van der Waals surface area contributed by atoms with Gasteiger partial charge in [-0.15, -0.1) is 0 Å². The zero-order chi connectivity index (χ0) is 15.4. The summed E-state index contributed by atoms with van der Waals surface area (Å²) in [7, 11) is 1.65. The van der Waals surface area contributed by atoms with E-state index in [1.807, 2.05) is 6.07 Å². The van der Waals surface area contributed by atoms with Gasteiger partial charge in [-0.1, -0.05) is 30.3 Å². The number of nitrogens with zero attached hydrogens (tertiary/aromatic N) is 1. The molecule has 2 bridgehead atoms. The summed E-state index contributed by atoms with van der Waals surface area (Å²) in [6, 6.07) is 11.3. The second-order valence-electron chi connectivity index (χ2n) is 6.38. The summed E-state index contributed by atoms with van der Waals surface area (Å²) in [5, 5.41) is 0. The Balaban J connectivity index is 1.65. The highest BCUT2D eigenvalue weighted by Gasteiger charge is 2.40. The molecular weight excluding hydrogens is 278 g/mol. The van der Waals surface area contributed by atoms with Gasteiger partial charge in [0.1, 0.15) is 5.78 Å². The Morgan fingerprint density at radius 2 is 1.91 bits per heavy atom. The first-order valence-corrected chi connectivity index (χ1v) is 8.17. The highest BCUT2D eigenvalue weighted by Crippen LogP contribution is 2.33. The molecule has 120 valence electrons. The first kappa shape index (κ1) is 15.7. The molecule has 1 aromatic rings.